The van der Waals surface area contributed by atoms with Crippen LogP contribution in [0, 0.1) is 0 Å². The smallest absolute Gasteiger partial charge is 0.160 e. The first-order chi connectivity index (χ1) is 13.9. The first-order valence-corrected chi connectivity index (χ1v) is 9.28. The average molecular weight is 360 g/mol. The van der Waals surface area contributed by atoms with Gasteiger partial charge in [-0.3, -0.25) is 0 Å². The van der Waals surface area contributed by atoms with Crippen molar-refractivity contribution in [2.75, 3.05) is 0 Å². The molecule has 0 saturated carbocycles. The van der Waals surface area contributed by atoms with Gasteiger partial charge in [0.25, 0.3) is 0 Å². The first-order valence-electron chi connectivity index (χ1n) is 9.28. The Bertz CT molecular complexity index is 1020. The van der Waals surface area contributed by atoms with E-state index in [1.807, 2.05) is 84.9 Å². The maximum absolute atomic E-state index is 4.74. The maximum atomic E-state index is 4.74. The van der Waals surface area contributed by atoms with Gasteiger partial charge < -0.3 is 0 Å². The van der Waals surface area contributed by atoms with Crippen molar-refractivity contribution in [2.24, 2.45) is 0 Å². The fourth-order valence-corrected chi connectivity index (χ4v) is 2.86. The minimum absolute atomic E-state index is 0.725. The predicted octanol–water partition coefficient (Wildman–Crippen LogP) is 6.48. The van der Waals surface area contributed by atoms with Crippen LogP contribution in [0.4, 0.5) is 0 Å². The number of nitrogens with zero attached hydrogens (tertiary/aromatic N) is 2. The summed E-state index contributed by atoms with van der Waals surface area (Å²) in [6.07, 6.45) is 8.20. The van der Waals surface area contributed by atoms with Crippen LogP contribution in [0.1, 0.15) is 22.5 Å². The van der Waals surface area contributed by atoms with Crippen molar-refractivity contribution >= 4 is 24.3 Å². The van der Waals surface area contributed by atoms with Crippen molar-refractivity contribution in [3.8, 4) is 11.4 Å². The van der Waals surface area contributed by atoms with Crippen LogP contribution >= 0.6 is 0 Å². The van der Waals surface area contributed by atoms with Gasteiger partial charge in [0.05, 0.1) is 11.4 Å². The van der Waals surface area contributed by atoms with Crippen molar-refractivity contribution < 1.29 is 0 Å². The Kier molecular flexibility index (Phi) is 5.50. The molecule has 2 heteroatoms. The van der Waals surface area contributed by atoms with E-state index in [0.29, 0.717) is 0 Å². The van der Waals surface area contributed by atoms with Crippen molar-refractivity contribution in [3.05, 3.63) is 120 Å². The second kappa shape index (κ2) is 8.74. The molecule has 0 amide bonds. The number of benzene rings is 3. The number of hydrogen-bond donors (Lipinski definition) is 0. The quantitative estimate of drug-likeness (QED) is 0.407. The zero-order valence-corrected chi connectivity index (χ0v) is 15.4. The Labute approximate surface area is 165 Å². The summed E-state index contributed by atoms with van der Waals surface area (Å²) in [6.45, 7) is 0. The van der Waals surface area contributed by atoms with Gasteiger partial charge >= 0.3 is 0 Å². The lowest BCUT2D eigenvalue weighted by Gasteiger charge is -2.04. The Balaban J connectivity index is 1.71. The number of hydrogen-bond acceptors (Lipinski definition) is 2. The minimum Gasteiger partial charge on any atom is -0.229 e. The molecule has 2 nitrogen and oxygen atoms in total. The molecule has 0 aliphatic carbocycles. The van der Waals surface area contributed by atoms with Crippen LogP contribution in [0.2, 0.25) is 0 Å². The summed E-state index contributed by atoms with van der Waals surface area (Å²) in [5.41, 5.74) is 5.05. The van der Waals surface area contributed by atoms with E-state index in [4.69, 9.17) is 9.97 Å². The molecule has 1 aromatic heterocycles. The average Bonchev–Trinajstić information content (AvgIpc) is 2.78. The van der Waals surface area contributed by atoms with Gasteiger partial charge in [-0.05, 0) is 29.3 Å². The summed E-state index contributed by atoms with van der Waals surface area (Å²) in [6, 6.07) is 32.5. The lowest BCUT2D eigenvalue weighted by molar-refractivity contribution is 1.15. The highest BCUT2D eigenvalue weighted by molar-refractivity contribution is 5.73. The van der Waals surface area contributed by atoms with Gasteiger partial charge in [-0.2, -0.15) is 0 Å². The molecule has 0 atom stereocenters. The van der Waals surface area contributed by atoms with E-state index in [1.165, 1.54) is 0 Å². The minimum atomic E-state index is 0.725. The maximum Gasteiger partial charge on any atom is 0.160 e. The summed E-state index contributed by atoms with van der Waals surface area (Å²) < 4.78 is 0. The molecule has 0 saturated heterocycles. The molecule has 0 aliphatic rings. The summed E-state index contributed by atoms with van der Waals surface area (Å²) in [5.74, 6) is 0.725. The molecular formula is C26H20N2. The number of rotatable bonds is 5. The van der Waals surface area contributed by atoms with Gasteiger partial charge in [-0.25, -0.2) is 9.97 Å². The van der Waals surface area contributed by atoms with Gasteiger partial charge in [-0.1, -0.05) is 103 Å². The zero-order chi connectivity index (χ0) is 19.0. The highest BCUT2D eigenvalue weighted by Crippen LogP contribution is 2.18. The van der Waals surface area contributed by atoms with E-state index in [9.17, 15) is 0 Å². The lowest BCUT2D eigenvalue weighted by Crippen LogP contribution is -1.94. The molecule has 0 N–H and O–H groups in total. The standard InChI is InChI=1S/C26H20N2/c1-4-10-21(11-5-1)16-18-24-20-25(19-17-22-12-6-2-7-13-22)28-26(27-24)23-14-8-3-9-15-23/h1-20H/b18-16+,19-17+. The van der Waals surface area contributed by atoms with E-state index in [1.54, 1.807) is 0 Å². The summed E-state index contributed by atoms with van der Waals surface area (Å²) in [7, 11) is 0. The predicted molar refractivity (Wildman–Crippen MR) is 118 cm³/mol. The fraction of sp³-hybridized carbons (Fsp3) is 0. The molecule has 0 fully saturated rings. The van der Waals surface area contributed by atoms with E-state index in [0.717, 1.165) is 33.9 Å². The fourth-order valence-electron chi connectivity index (χ4n) is 2.86. The lowest BCUT2D eigenvalue weighted by atomic mass is 10.1. The van der Waals surface area contributed by atoms with Crippen LogP contribution < -0.4 is 0 Å². The third-order valence-corrected chi connectivity index (χ3v) is 4.29. The van der Waals surface area contributed by atoms with E-state index < -0.39 is 0 Å². The molecule has 4 aromatic rings. The van der Waals surface area contributed by atoms with Crippen LogP contribution in [0.3, 0.4) is 0 Å². The largest absolute Gasteiger partial charge is 0.229 e. The Morgan fingerprint density at radius 2 is 0.893 bits per heavy atom. The van der Waals surface area contributed by atoms with Crippen molar-refractivity contribution in [1.29, 1.82) is 0 Å². The molecule has 0 bridgehead atoms. The van der Waals surface area contributed by atoms with Crippen LogP contribution in [0.5, 0.6) is 0 Å². The summed E-state index contributed by atoms with van der Waals surface area (Å²) in [5, 5.41) is 0. The second-order valence-corrected chi connectivity index (χ2v) is 6.40. The van der Waals surface area contributed by atoms with Crippen LogP contribution in [0.15, 0.2) is 97.1 Å². The highest BCUT2D eigenvalue weighted by Gasteiger charge is 2.04. The summed E-state index contributed by atoms with van der Waals surface area (Å²) in [4.78, 5) is 9.48. The van der Waals surface area contributed by atoms with Gasteiger partial charge in [0.1, 0.15) is 0 Å². The third kappa shape index (κ3) is 4.68. The van der Waals surface area contributed by atoms with Crippen molar-refractivity contribution in [2.45, 2.75) is 0 Å². The third-order valence-electron chi connectivity index (χ3n) is 4.29. The highest BCUT2D eigenvalue weighted by atomic mass is 14.9. The van der Waals surface area contributed by atoms with Gasteiger partial charge in [0.2, 0.25) is 0 Å². The Hall–Kier alpha value is -3.78. The van der Waals surface area contributed by atoms with Crippen LogP contribution in [-0.2, 0) is 0 Å². The monoisotopic (exact) mass is 360 g/mol. The first kappa shape index (κ1) is 17.6. The Morgan fingerprint density at radius 1 is 0.464 bits per heavy atom. The molecule has 3 aromatic carbocycles. The topological polar surface area (TPSA) is 25.8 Å². The molecule has 0 aliphatic heterocycles. The molecule has 4 rings (SSSR count). The van der Waals surface area contributed by atoms with E-state index >= 15 is 0 Å². The van der Waals surface area contributed by atoms with E-state index in [-0.39, 0.29) is 0 Å². The molecule has 0 unspecified atom stereocenters. The normalized spacial score (nSPS) is 11.3. The van der Waals surface area contributed by atoms with Gasteiger partial charge in [-0.15, -0.1) is 0 Å². The van der Waals surface area contributed by atoms with Crippen LogP contribution in [0.25, 0.3) is 35.7 Å². The molecule has 1 heterocycles. The SMILES string of the molecule is C(=C\c1cc(/C=C/c2ccccc2)nc(-c2ccccc2)n1)/c1ccccc1. The van der Waals surface area contributed by atoms with Crippen molar-refractivity contribution in [1.82, 2.24) is 9.97 Å². The molecule has 0 spiro atoms. The summed E-state index contributed by atoms with van der Waals surface area (Å²) >= 11 is 0. The Morgan fingerprint density at radius 3 is 1.36 bits per heavy atom. The zero-order valence-electron chi connectivity index (χ0n) is 15.4. The molecule has 0 radical (unpaired) electrons. The van der Waals surface area contributed by atoms with Gasteiger partial charge in [0, 0.05) is 5.56 Å². The van der Waals surface area contributed by atoms with Crippen molar-refractivity contribution in [3.63, 3.8) is 0 Å². The molecular weight excluding hydrogens is 340 g/mol. The van der Waals surface area contributed by atoms with Gasteiger partial charge in [0.15, 0.2) is 5.82 Å². The molecule has 134 valence electrons. The van der Waals surface area contributed by atoms with Crippen LogP contribution in [-0.4, -0.2) is 9.97 Å². The number of aromatic nitrogens is 2. The second-order valence-electron chi connectivity index (χ2n) is 6.40. The molecule has 28 heavy (non-hydrogen) atoms. The van der Waals surface area contributed by atoms with E-state index in [2.05, 4.69) is 36.4 Å².